The highest BCUT2D eigenvalue weighted by Gasteiger charge is 2.19. The van der Waals surface area contributed by atoms with Crippen LogP contribution in [0.1, 0.15) is 114 Å². The molecule has 0 fully saturated rings. The lowest BCUT2D eigenvalue weighted by Gasteiger charge is -2.15. The number of rotatable bonds is 24. The second-order valence-corrected chi connectivity index (χ2v) is 25.4. The van der Waals surface area contributed by atoms with Crippen molar-refractivity contribution in [1.29, 1.82) is 0 Å². The number of hydrogen-bond acceptors (Lipinski definition) is 20. The third-order valence-electron chi connectivity index (χ3n) is 15.5. The maximum absolute atomic E-state index is 11.2. The molecule has 24 heteroatoms. The Bertz CT molecular complexity index is 4760. The molecule has 4 aromatic carbocycles. The van der Waals surface area contributed by atoms with Crippen LogP contribution in [0.4, 0.5) is 46.0 Å². The van der Waals surface area contributed by atoms with E-state index in [0.717, 1.165) is 145 Å². The molecule has 12 N–H and O–H groups in total. The Balaban J connectivity index is 0.000000156. The summed E-state index contributed by atoms with van der Waals surface area (Å²) < 4.78 is 0. The zero-order valence-electron chi connectivity index (χ0n) is 56.1. The van der Waals surface area contributed by atoms with Crippen LogP contribution in [-0.2, 0) is 38.5 Å². The Labute approximate surface area is 597 Å². The minimum absolute atomic E-state index is 0.434. The lowest BCUT2D eigenvalue weighted by atomic mass is 10.1. The van der Waals surface area contributed by atoms with Crippen LogP contribution in [0.15, 0.2) is 190 Å². The minimum Gasteiger partial charge on any atom is -0.366 e. The van der Waals surface area contributed by atoms with E-state index in [0.29, 0.717) is 52.6 Å². The molecule has 0 spiro atoms. The number of aryl methyl sites for hydroxylation is 4. The van der Waals surface area contributed by atoms with Crippen LogP contribution in [0, 0.1) is 13.8 Å². The Morgan fingerprint density at radius 2 is 0.610 bits per heavy atom. The van der Waals surface area contributed by atoms with E-state index in [1.54, 1.807) is 106 Å². The van der Waals surface area contributed by atoms with E-state index in [4.69, 9.17) is 52.8 Å². The number of carbonyl (C=O) groups is 4. The molecule has 8 aromatic heterocycles. The number of carbonyl (C=O) groups excluding carboxylic acids is 4. The van der Waals surface area contributed by atoms with Crippen LogP contribution in [0.3, 0.4) is 0 Å². The van der Waals surface area contributed by atoms with Gasteiger partial charge in [-0.2, -0.15) is 45.3 Å². The van der Waals surface area contributed by atoms with Crippen molar-refractivity contribution < 1.29 is 19.2 Å². The third kappa shape index (κ3) is 19.0. The molecule has 0 aliphatic carbocycles. The number of nitrogens with two attached hydrogens (primary N) is 4. The molecular formula is C76H76N16O4S4. The van der Waals surface area contributed by atoms with Gasteiger partial charge in [0.25, 0.3) is 0 Å². The smallest absolute Gasteiger partial charge is 0.248 e. The molecule has 8 heterocycles. The van der Waals surface area contributed by atoms with E-state index >= 15 is 0 Å². The monoisotopic (exact) mass is 1400 g/mol. The molecule has 0 unspecified atom stereocenters. The highest BCUT2D eigenvalue weighted by Crippen LogP contribution is 2.33. The number of thiophene rings is 4. The fraction of sp³-hybridized carbons (Fsp3) is 0.158. The van der Waals surface area contributed by atoms with Gasteiger partial charge in [0.2, 0.25) is 23.6 Å². The normalized spacial score (nSPS) is 10.5. The molecular weight excluding hydrogens is 1330 g/mol. The van der Waals surface area contributed by atoms with Gasteiger partial charge in [-0.3, -0.25) is 19.2 Å². The van der Waals surface area contributed by atoms with Gasteiger partial charge in [-0.15, -0.1) is 13.2 Å². The standard InChI is InChI=1S/C20H20N4OS.C19H18N4OS.C19H20N4OS.C18H18N4OS/c1-3-5-16-17(4-2)23-19(14-10-11-26-12-14)24-20(16)22-15-8-6-13(7-9-15)18(21)25;1-3-4-16-12(2)21-18(14-9-10-25-11-14)23-19(16)22-15-7-5-13(6-8-15)17(20)24;1-3-15-16(4-2)22-18(13-9-10-25-11-13)23-19(15)21-14-7-5-12(6-8-14)17(20)24;1-3-15-11(2)20-17(13-8-9-24-10-13)22-18(15)21-14-6-4-12(5-7-14)16(19)23/h3,6-12H,1,4-5H2,2H3,(H2,21,25)(H,22,23,24);3,5-11H,1,4H2,2H3,(H2,20,24)(H,21,22,23);5-11H,3-4H2,1-2H3,(H2,20,24)(H,21,22,23);4-10H,3H2,1-2H3,(H2,19,23)(H,20,21,22). The average molecular weight is 1410 g/mol. The molecule has 0 saturated carbocycles. The van der Waals surface area contributed by atoms with Gasteiger partial charge in [-0.05, 0) is 195 Å². The van der Waals surface area contributed by atoms with E-state index in [2.05, 4.69) is 72.1 Å². The predicted octanol–water partition coefficient (Wildman–Crippen LogP) is 16.5. The molecule has 0 aliphatic rings. The molecule has 0 bridgehead atoms. The summed E-state index contributed by atoms with van der Waals surface area (Å²) in [5.41, 5.74) is 38.6. The maximum Gasteiger partial charge on any atom is 0.248 e. The molecule has 4 amide bonds. The van der Waals surface area contributed by atoms with Crippen molar-refractivity contribution in [3.8, 4) is 45.6 Å². The summed E-state index contributed by atoms with van der Waals surface area (Å²) in [6.45, 7) is 20.0. The summed E-state index contributed by atoms with van der Waals surface area (Å²) in [7, 11) is 0. The Morgan fingerprint density at radius 1 is 0.350 bits per heavy atom. The number of aromatic nitrogens is 8. The van der Waals surface area contributed by atoms with Crippen molar-refractivity contribution in [2.45, 2.75) is 80.1 Å². The van der Waals surface area contributed by atoms with Gasteiger partial charge in [-0.1, -0.05) is 39.8 Å². The molecule has 0 aliphatic heterocycles. The minimum atomic E-state index is -0.448. The van der Waals surface area contributed by atoms with Crippen molar-refractivity contribution in [2.24, 2.45) is 22.9 Å². The van der Waals surface area contributed by atoms with E-state index < -0.39 is 23.6 Å². The largest absolute Gasteiger partial charge is 0.366 e. The lowest BCUT2D eigenvalue weighted by Crippen LogP contribution is -2.11. The Kier molecular flexibility index (Phi) is 25.6. The summed E-state index contributed by atoms with van der Waals surface area (Å²) in [5, 5.41) is 29.6. The van der Waals surface area contributed by atoms with Gasteiger partial charge in [0.1, 0.15) is 23.3 Å². The summed E-state index contributed by atoms with van der Waals surface area (Å²) in [6, 6.07) is 36.2. The number of primary amides is 4. The Hall–Kier alpha value is -11.4. The highest BCUT2D eigenvalue weighted by atomic mass is 32.1. The highest BCUT2D eigenvalue weighted by molar-refractivity contribution is 7.09. The first kappa shape index (κ1) is 72.8. The first-order chi connectivity index (χ1) is 48.4. The molecule has 0 radical (unpaired) electrons. The molecule has 0 atom stereocenters. The number of benzene rings is 4. The third-order valence-corrected chi connectivity index (χ3v) is 18.3. The van der Waals surface area contributed by atoms with Crippen LogP contribution >= 0.6 is 45.3 Å². The zero-order valence-corrected chi connectivity index (χ0v) is 59.4. The van der Waals surface area contributed by atoms with Crippen molar-refractivity contribution in [1.82, 2.24) is 39.9 Å². The SMILES string of the molecule is C=CCc1c(C)nc(-c2ccsc2)nc1Nc1ccc(C(N)=O)cc1.C=CCc1c(CC)nc(-c2ccsc2)nc1Nc1ccc(C(N)=O)cc1.CCc1c(C)nc(-c2ccsc2)nc1Nc1ccc(C(N)=O)cc1.CCc1nc(-c2ccsc2)nc(Nc2ccc(C(N)=O)cc2)c1CC. The topological polar surface area (TPSA) is 324 Å². The number of nitrogens with zero attached hydrogens (tertiary/aromatic N) is 8. The van der Waals surface area contributed by atoms with Gasteiger partial charge < -0.3 is 44.2 Å². The average Bonchev–Trinajstić information content (AvgIpc) is 1.21. The van der Waals surface area contributed by atoms with Crippen molar-refractivity contribution >= 4 is 115 Å². The molecule has 20 nitrogen and oxygen atoms in total. The second-order valence-electron chi connectivity index (χ2n) is 22.3. The van der Waals surface area contributed by atoms with Gasteiger partial charge in [0.05, 0.1) is 0 Å². The van der Waals surface area contributed by atoms with E-state index in [1.165, 1.54) is 0 Å². The number of hydrogen-bond donors (Lipinski definition) is 8. The van der Waals surface area contributed by atoms with E-state index in [9.17, 15) is 19.2 Å². The zero-order chi connectivity index (χ0) is 71.2. The number of nitrogens with one attached hydrogen (secondary N) is 4. The molecule has 508 valence electrons. The predicted molar refractivity (Wildman–Crippen MR) is 409 cm³/mol. The fourth-order valence-electron chi connectivity index (χ4n) is 10.3. The molecule has 0 saturated heterocycles. The van der Waals surface area contributed by atoms with Crippen LogP contribution in [0.5, 0.6) is 0 Å². The first-order valence-electron chi connectivity index (χ1n) is 31.9. The first-order valence-corrected chi connectivity index (χ1v) is 35.7. The Morgan fingerprint density at radius 3 is 0.880 bits per heavy atom. The lowest BCUT2D eigenvalue weighted by molar-refractivity contribution is 0.0992. The van der Waals surface area contributed by atoms with E-state index in [1.807, 2.05) is 130 Å². The van der Waals surface area contributed by atoms with Crippen LogP contribution in [0.25, 0.3) is 45.6 Å². The van der Waals surface area contributed by atoms with Crippen molar-refractivity contribution in [2.75, 3.05) is 21.3 Å². The van der Waals surface area contributed by atoms with Crippen molar-refractivity contribution in [3.63, 3.8) is 0 Å². The number of allylic oxidation sites excluding steroid dienone is 2. The van der Waals surface area contributed by atoms with Crippen LogP contribution < -0.4 is 44.2 Å². The van der Waals surface area contributed by atoms with Gasteiger partial charge in [0, 0.05) is 134 Å². The quantitative estimate of drug-likeness (QED) is 0.0261. The van der Waals surface area contributed by atoms with Crippen molar-refractivity contribution in [3.05, 3.63) is 257 Å². The summed E-state index contributed by atoms with van der Waals surface area (Å²) in [4.78, 5) is 82.4. The van der Waals surface area contributed by atoms with Crippen LogP contribution in [0.2, 0.25) is 0 Å². The van der Waals surface area contributed by atoms with Gasteiger partial charge in [0.15, 0.2) is 23.3 Å². The maximum atomic E-state index is 11.2. The summed E-state index contributed by atoms with van der Waals surface area (Å²) in [5.74, 6) is 4.15. The molecule has 12 rings (SSSR count). The fourth-order valence-corrected chi connectivity index (χ4v) is 12.8. The summed E-state index contributed by atoms with van der Waals surface area (Å²) in [6.07, 6.45) is 8.34. The molecule has 12 aromatic rings. The van der Waals surface area contributed by atoms with Gasteiger partial charge >= 0.3 is 0 Å². The van der Waals surface area contributed by atoms with Crippen LogP contribution in [-0.4, -0.2) is 63.5 Å². The summed E-state index contributed by atoms with van der Waals surface area (Å²) >= 11 is 6.47. The second kappa shape index (κ2) is 35.2. The number of amides is 4. The van der Waals surface area contributed by atoms with E-state index in [-0.39, 0.29) is 0 Å². The van der Waals surface area contributed by atoms with Gasteiger partial charge in [-0.25, -0.2) is 39.9 Å². The molecule has 100 heavy (non-hydrogen) atoms. The number of anilines is 8.